The van der Waals surface area contributed by atoms with Crippen molar-refractivity contribution in [1.82, 2.24) is 5.32 Å². The molecule has 0 aliphatic carbocycles. The zero-order chi connectivity index (χ0) is 15.1. The highest BCUT2D eigenvalue weighted by molar-refractivity contribution is 5.83. The number of carboxylic acids is 1. The van der Waals surface area contributed by atoms with Gasteiger partial charge in [0.15, 0.2) is 0 Å². The van der Waals surface area contributed by atoms with Gasteiger partial charge < -0.3 is 15.2 Å². The summed E-state index contributed by atoms with van der Waals surface area (Å²) < 4.78 is 5.32. The Kier molecular flexibility index (Phi) is 6.99. The van der Waals surface area contributed by atoms with E-state index >= 15 is 0 Å². The van der Waals surface area contributed by atoms with Gasteiger partial charge in [0.25, 0.3) is 0 Å². The van der Waals surface area contributed by atoms with E-state index < -0.39 is 12.0 Å². The fraction of sp³-hybridized carbons (Fsp3) is 0.867. The lowest BCUT2D eigenvalue weighted by Gasteiger charge is -2.28. The van der Waals surface area contributed by atoms with E-state index in [1.54, 1.807) is 0 Å². The van der Waals surface area contributed by atoms with E-state index in [0.29, 0.717) is 31.5 Å². The molecule has 0 aromatic carbocycles. The fourth-order valence-corrected chi connectivity index (χ4v) is 2.73. The minimum Gasteiger partial charge on any atom is -0.480 e. The number of aliphatic carboxylic acids is 1. The molecule has 20 heavy (non-hydrogen) atoms. The highest BCUT2D eigenvalue weighted by Crippen LogP contribution is 2.21. The maximum absolute atomic E-state index is 12.1. The summed E-state index contributed by atoms with van der Waals surface area (Å²) in [6.07, 6.45) is 2.97. The van der Waals surface area contributed by atoms with Crippen LogP contribution in [0, 0.1) is 17.8 Å². The molecule has 0 saturated carbocycles. The van der Waals surface area contributed by atoms with Gasteiger partial charge in [-0.15, -0.1) is 0 Å². The molecular weight excluding hydrogens is 258 g/mol. The second-order valence-electron chi connectivity index (χ2n) is 5.98. The predicted octanol–water partition coefficient (Wildman–Crippen LogP) is 2.05. The number of carbonyl (C=O) groups is 2. The fourth-order valence-electron chi connectivity index (χ4n) is 2.73. The monoisotopic (exact) mass is 285 g/mol. The van der Waals surface area contributed by atoms with Gasteiger partial charge in [-0.05, 0) is 24.7 Å². The van der Waals surface area contributed by atoms with E-state index in [1.807, 2.05) is 0 Å². The van der Waals surface area contributed by atoms with Gasteiger partial charge in [0, 0.05) is 18.9 Å². The lowest BCUT2D eigenvalue weighted by Crippen LogP contribution is -2.48. The van der Waals surface area contributed by atoms with Crippen molar-refractivity contribution in [1.29, 1.82) is 0 Å². The van der Waals surface area contributed by atoms with Crippen LogP contribution in [0.5, 0.6) is 0 Å². The van der Waals surface area contributed by atoms with Gasteiger partial charge in [-0.1, -0.05) is 27.2 Å². The average molecular weight is 285 g/mol. The van der Waals surface area contributed by atoms with Crippen LogP contribution in [0.1, 0.15) is 46.5 Å². The highest BCUT2D eigenvalue weighted by atomic mass is 16.5. The first-order chi connectivity index (χ1) is 9.45. The second-order valence-corrected chi connectivity index (χ2v) is 5.98. The zero-order valence-electron chi connectivity index (χ0n) is 12.7. The molecule has 0 bridgehead atoms. The van der Waals surface area contributed by atoms with Gasteiger partial charge in [-0.2, -0.15) is 0 Å². The molecular formula is C15H27NO4. The van der Waals surface area contributed by atoms with E-state index in [4.69, 9.17) is 4.74 Å². The first-order valence-corrected chi connectivity index (χ1v) is 7.55. The number of rotatable bonds is 7. The summed E-state index contributed by atoms with van der Waals surface area (Å²) in [5, 5.41) is 12.0. The van der Waals surface area contributed by atoms with Crippen molar-refractivity contribution >= 4 is 11.9 Å². The van der Waals surface area contributed by atoms with Gasteiger partial charge in [-0.25, -0.2) is 4.79 Å². The molecule has 116 valence electrons. The molecule has 1 amide bonds. The van der Waals surface area contributed by atoms with E-state index in [2.05, 4.69) is 26.1 Å². The molecule has 1 saturated heterocycles. The van der Waals surface area contributed by atoms with E-state index in [0.717, 1.165) is 19.3 Å². The number of amides is 1. The summed E-state index contributed by atoms with van der Waals surface area (Å²) in [7, 11) is 0. The van der Waals surface area contributed by atoms with Gasteiger partial charge in [0.05, 0.1) is 6.61 Å². The zero-order valence-corrected chi connectivity index (χ0v) is 12.7. The average Bonchev–Trinajstić information content (AvgIpc) is 2.42. The predicted molar refractivity (Wildman–Crippen MR) is 76.3 cm³/mol. The number of carbonyl (C=O) groups excluding carboxylic acids is 1. The molecule has 3 unspecified atom stereocenters. The Morgan fingerprint density at radius 3 is 2.55 bits per heavy atom. The third kappa shape index (κ3) is 5.12. The van der Waals surface area contributed by atoms with Crippen LogP contribution in [0.3, 0.4) is 0 Å². The van der Waals surface area contributed by atoms with Crippen LogP contribution >= 0.6 is 0 Å². The Labute approximate surface area is 121 Å². The Balaban J connectivity index is 2.56. The van der Waals surface area contributed by atoms with Crippen molar-refractivity contribution in [3.05, 3.63) is 0 Å². The van der Waals surface area contributed by atoms with Gasteiger partial charge >= 0.3 is 5.97 Å². The number of hydrogen-bond donors (Lipinski definition) is 2. The smallest absolute Gasteiger partial charge is 0.326 e. The molecule has 1 fully saturated rings. The molecule has 1 heterocycles. The minimum absolute atomic E-state index is 0.121. The molecule has 1 aliphatic rings. The van der Waals surface area contributed by atoms with Crippen LogP contribution in [0.15, 0.2) is 0 Å². The molecule has 0 spiro atoms. The highest BCUT2D eigenvalue weighted by Gasteiger charge is 2.31. The SMILES string of the molecule is CCC(CC(=O)NC(C(=O)O)C1CCCOC1)C(C)C. The summed E-state index contributed by atoms with van der Waals surface area (Å²) in [5.74, 6) is -0.529. The Bertz CT molecular complexity index is 324. The summed E-state index contributed by atoms with van der Waals surface area (Å²) in [6, 6.07) is -0.826. The number of nitrogens with one attached hydrogen (secondary N) is 1. The summed E-state index contributed by atoms with van der Waals surface area (Å²) >= 11 is 0. The second kappa shape index (κ2) is 8.25. The maximum atomic E-state index is 12.1. The molecule has 0 aromatic rings. The van der Waals surface area contributed by atoms with Crippen LogP contribution in [0.4, 0.5) is 0 Å². The third-order valence-electron chi connectivity index (χ3n) is 4.16. The molecule has 1 aliphatic heterocycles. The van der Waals surface area contributed by atoms with Crippen LogP contribution in [-0.2, 0) is 14.3 Å². The van der Waals surface area contributed by atoms with Gasteiger partial charge in [0.2, 0.25) is 5.91 Å². The van der Waals surface area contributed by atoms with E-state index in [9.17, 15) is 14.7 Å². The summed E-state index contributed by atoms with van der Waals surface area (Å²) in [6.45, 7) is 7.33. The van der Waals surface area contributed by atoms with Gasteiger partial charge in [0.1, 0.15) is 6.04 Å². The number of carboxylic acid groups (broad SMARTS) is 1. The van der Waals surface area contributed by atoms with Crippen molar-refractivity contribution in [2.75, 3.05) is 13.2 Å². The van der Waals surface area contributed by atoms with E-state index in [1.165, 1.54) is 0 Å². The Morgan fingerprint density at radius 1 is 1.40 bits per heavy atom. The van der Waals surface area contributed by atoms with Crippen molar-refractivity contribution < 1.29 is 19.4 Å². The first kappa shape index (κ1) is 17.0. The standard InChI is InChI=1S/C15H27NO4/c1-4-11(10(2)3)8-13(17)16-14(15(18)19)12-6-5-7-20-9-12/h10-12,14H,4-9H2,1-3H3,(H,16,17)(H,18,19). The van der Waals surface area contributed by atoms with Crippen molar-refractivity contribution in [3.63, 3.8) is 0 Å². The molecule has 5 nitrogen and oxygen atoms in total. The van der Waals surface area contributed by atoms with Crippen molar-refractivity contribution in [2.24, 2.45) is 17.8 Å². The lowest BCUT2D eigenvalue weighted by molar-refractivity contribution is -0.145. The van der Waals surface area contributed by atoms with E-state index in [-0.39, 0.29) is 11.8 Å². The molecule has 3 atom stereocenters. The minimum atomic E-state index is -0.966. The largest absolute Gasteiger partial charge is 0.480 e. The van der Waals surface area contributed by atoms with Crippen molar-refractivity contribution in [2.45, 2.75) is 52.5 Å². The van der Waals surface area contributed by atoms with Gasteiger partial charge in [-0.3, -0.25) is 4.79 Å². The topological polar surface area (TPSA) is 75.6 Å². The quantitative estimate of drug-likeness (QED) is 0.750. The van der Waals surface area contributed by atoms with Crippen LogP contribution in [-0.4, -0.2) is 36.2 Å². The van der Waals surface area contributed by atoms with Crippen LogP contribution in [0.25, 0.3) is 0 Å². The Hall–Kier alpha value is -1.10. The summed E-state index contributed by atoms with van der Waals surface area (Å²) in [5.41, 5.74) is 0. The maximum Gasteiger partial charge on any atom is 0.326 e. The van der Waals surface area contributed by atoms with Crippen LogP contribution < -0.4 is 5.32 Å². The van der Waals surface area contributed by atoms with Crippen molar-refractivity contribution in [3.8, 4) is 0 Å². The molecule has 5 heteroatoms. The molecule has 0 radical (unpaired) electrons. The molecule has 0 aromatic heterocycles. The number of ether oxygens (including phenoxy) is 1. The third-order valence-corrected chi connectivity index (χ3v) is 4.16. The molecule has 1 rings (SSSR count). The summed E-state index contributed by atoms with van der Waals surface area (Å²) in [4.78, 5) is 23.4. The first-order valence-electron chi connectivity index (χ1n) is 7.55. The molecule has 2 N–H and O–H groups in total. The Morgan fingerprint density at radius 2 is 2.10 bits per heavy atom. The lowest BCUT2D eigenvalue weighted by atomic mass is 9.89. The normalized spacial score (nSPS) is 22.3. The van der Waals surface area contributed by atoms with Crippen LogP contribution in [0.2, 0.25) is 0 Å². The number of hydrogen-bond acceptors (Lipinski definition) is 3.